The van der Waals surface area contributed by atoms with Crippen molar-refractivity contribution in [3.05, 3.63) is 34.3 Å². The molecular weight excluding hydrogens is 290 g/mol. The van der Waals surface area contributed by atoms with Crippen molar-refractivity contribution < 1.29 is 14.7 Å². The van der Waals surface area contributed by atoms with Crippen LogP contribution in [0.3, 0.4) is 0 Å². The highest BCUT2D eigenvalue weighted by atomic mass is 35.5. The molecule has 1 heterocycles. The van der Waals surface area contributed by atoms with E-state index >= 15 is 0 Å². The van der Waals surface area contributed by atoms with Gasteiger partial charge >= 0.3 is 5.97 Å². The van der Waals surface area contributed by atoms with E-state index in [0.29, 0.717) is 30.0 Å². The first-order valence-electron chi connectivity index (χ1n) is 7.18. The summed E-state index contributed by atoms with van der Waals surface area (Å²) in [6.45, 7) is 4.61. The van der Waals surface area contributed by atoms with Crippen LogP contribution in [0.4, 0.5) is 0 Å². The van der Waals surface area contributed by atoms with Gasteiger partial charge in [0.05, 0.1) is 5.41 Å². The van der Waals surface area contributed by atoms with Crippen molar-refractivity contribution in [2.45, 2.75) is 33.1 Å². The first-order chi connectivity index (χ1) is 9.89. The summed E-state index contributed by atoms with van der Waals surface area (Å²) in [5.41, 5.74) is 0.641. The molecule has 1 N–H and O–H groups in total. The summed E-state index contributed by atoms with van der Waals surface area (Å²) in [6, 6.07) is 5.20. The molecule has 1 aliphatic heterocycles. The average Bonchev–Trinajstić information content (AvgIpc) is 2.87. The van der Waals surface area contributed by atoms with Crippen LogP contribution in [0.1, 0.15) is 42.1 Å². The molecule has 5 heteroatoms. The lowest BCUT2D eigenvalue weighted by atomic mass is 9.83. The Morgan fingerprint density at radius 1 is 1.43 bits per heavy atom. The van der Waals surface area contributed by atoms with E-state index in [1.54, 1.807) is 17.0 Å². The highest BCUT2D eigenvalue weighted by molar-refractivity contribution is 6.31. The number of likely N-dealkylation sites (tertiary alicyclic amines) is 1. The van der Waals surface area contributed by atoms with Gasteiger partial charge in [0.1, 0.15) is 0 Å². The third-order valence-electron chi connectivity index (χ3n) is 4.24. The first kappa shape index (κ1) is 15.8. The lowest BCUT2D eigenvalue weighted by Gasteiger charge is -2.24. The number of nitrogens with zero attached hydrogens (tertiary/aromatic N) is 1. The maximum atomic E-state index is 12.5. The predicted octanol–water partition coefficient (Wildman–Crippen LogP) is 3.37. The highest BCUT2D eigenvalue weighted by Gasteiger charge is 2.45. The molecule has 1 aromatic rings. The highest BCUT2D eigenvalue weighted by Crippen LogP contribution is 2.36. The largest absolute Gasteiger partial charge is 0.481 e. The Kier molecular flexibility index (Phi) is 4.57. The molecule has 114 valence electrons. The Morgan fingerprint density at radius 2 is 2.14 bits per heavy atom. The Labute approximate surface area is 129 Å². The van der Waals surface area contributed by atoms with Crippen molar-refractivity contribution in [3.8, 4) is 0 Å². The molecule has 0 aromatic heterocycles. The molecule has 0 spiro atoms. The minimum Gasteiger partial charge on any atom is -0.481 e. The van der Waals surface area contributed by atoms with Crippen molar-refractivity contribution in [1.29, 1.82) is 0 Å². The number of carbonyl (C=O) groups is 2. The Bertz CT molecular complexity index is 573. The number of carboxylic acids is 1. The van der Waals surface area contributed by atoms with Gasteiger partial charge in [-0.1, -0.05) is 31.0 Å². The fourth-order valence-corrected chi connectivity index (χ4v) is 3.10. The Hall–Kier alpha value is -1.55. The van der Waals surface area contributed by atoms with E-state index in [9.17, 15) is 14.7 Å². The zero-order valence-corrected chi connectivity index (χ0v) is 13.1. The van der Waals surface area contributed by atoms with Crippen LogP contribution in [-0.2, 0) is 4.79 Å². The van der Waals surface area contributed by atoms with Crippen molar-refractivity contribution >= 4 is 23.5 Å². The van der Waals surface area contributed by atoms with E-state index in [1.165, 1.54) is 0 Å². The molecular formula is C16H20ClNO3. The van der Waals surface area contributed by atoms with E-state index in [-0.39, 0.29) is 12.5 Å². The average molecular weight is 310 g/mol. The minimum absolute atomic E-state index is 0.142. The number of rotatable bonds is 4. The number of carboxylic acid groups (broad SMARTS) is 1. The van der Waals surface area contributed by atoms with Gasteiger partial charge in [-0.2, -0.15) is 0 Å². The molecule has 0 saturated carbocycles. The standard InChI is InChI=1S/C16H20ClNO3/c1-3-6-16(15(20)21)7-8-18(10-16)14(19)12-5-4-11(2)13(17)9-12/h4-5,9H,3,6-8,10H2,1-2H3,(H,20,21). The fourth-order valence-electron chi connectivity index (χ4n) is 2.92. The summed E-state index contributed by atoms with van der Waals surface area (Å²) in [5.74, 6) is -0.947. The van der Waals surface area contributed by atoms with Gasteiger partial charge in [-0.25, -0.2) is 0 Å². The molecule has 1 saturated heterocycles. The summed E-state index contributed by atoms with van der Waals surface area (Å²) in [6.07, 6.45) is 1.91. The van der Waals surface area contributed by atoms with Gasteiger partial charge in [-0.15, -0.1) is 0 Å². The summed E-state index contributed by atoms with van der Waals surface area (Å²) in [7, 11) is 0. The normalized spacial score (nSPS) is 21.6. The molecule has 2 rings (SSSR count). The lowest BCUT2D eigenvalue weighted by molar-refractivity contribution is -0.148. The van der Waals surface area contributed by atoms with Gasteiger partial charge in [0.15, 0.2) is 0 Å². The number of amides is 1. The van der Waals surface area contributed by atoms with Gasteiger partial charge in [0.25, 0.3) is 5.91 Å². The minimum atomic E-state index is -0.804. The number of halogens is 1. The van der Waals surface area contributed by atoms with Crippen molar-refractivity contribution in [3.63, 3.8) is 0 Å². The smallest absolute Gasteiger partial charge is 0.311 e. The van der Waals surface area contributed by atoms with Crippen LogP contribution in [0.15, 0.2) is 18.2 Å². The second-order valence-electron chi connectivity index (χ2n) is 5.78. The van der Waals surface area contributed by atoms with Crippen molar-refractivity contribution in [2.75, 3.05) is 13.1 Å². The van der Waals surface area contributed by atoms with Gasteiger partial charge in [0.2, 0.25) is 0 Å². The molecule has 1 amide bonds. The summed E-state index contributed by atoms with van der Waals surface area (Å²) in [4.78, 5) is 25.7. The van der Waals surface area contributed by atoms with E-state index in [1.807, 2.05) is 19.9 Å². The van der Waals surface area contributed by atoms with E-state index in [4.69, 9.17) is 11.6 Å². The van der Waals surface area contributed by atoms with Crippen LogP contribution in [0.2, 0.25) is 5.02 Å². The topological polar surface area (TPSA) is 57.6 Å². The second kappa shape index (κ2) is 6.06. The molecule has 0 radical (unpaired) electrons. The maximum absolute atomic E-state index is 12.5. The number of aryl methyl sites for hydroxylation is 1. The van der Waals surface area contributed by atoms with Gasteiger partial charge in [-0.3, -0.25) is 9.59 Å². The zero-order chi connectivity index (χ0) is 15.6. The molecule has 1 aromatic carbocycles. The Morgan fingerprint density at radius 3 is 2.71 bits per heavy atom. The van der Waals surface area contributed by atoms with Gasteiger partial charge < -0.3 is 10.0 Å². The lowest BCUT2D eigenvalue weighted by Crippen LogP contribution is -2.36. The molecule has 1 unspecified atom stereocenters. The maximum Gasteiger partial charge on any atom is 0.311 e. The van der Waals surface area contributed by atoms with Gasteiger partial charge in [-0.05, 0) is 37.5 Å². The third-order valence-corrected chi connectivity index (χ3v) is 4.65. The van der Waals surface area contributed by atoms with E-state index in [0.717, 1.165) is 12.0 Å². The van der Waals surface area contributed by atoms with Crippen LogP contribution in [0.5, 0.6) is 0 Å². The SMILES string of the molecule is CCCC1(C(=O)O)CCN(C(=O)c2ccc(C)c(Cl)c2)C1. The molecule has 1 fully saturated rings. The molecule has 1 aliphatic rings. The molecule has 21 heavy (non-hydrogen) atoms. The second-order valence-corrected chi connectivity index (χ2v) is 6.18. The van der Waals surface area contributed by atoms with Crippen LogP contribution < -0.4 is 0 Å². The summed E-state index contributed by atoms with van der Waals surface area (Å²) in [5, 5.41) is 10.0. The number of hydrogen-bond acceptors (Lipinski definition) is 2. The zero-order valence-electron chi connectivity index (χ0n) is 12.4. The fraction of sp³-hybridized carbons (Fsp3) is 0.500. The Balaban J connectivity index is 2.18. The molecule has 1 atom stereocenters. The van der Waals surface area contributed by atoms with E-state index < -0.39 is 11.4 Å². The number of aliphatic carboxylic acids is 1. The van der Waals surface area contributed by atoms with Crippen LogP contribution in [0.25, 0.3) is 0 Å². The quantitative estimate of drug-likeness (QED) is 0.927. The van der Waals surface area contributed by atoms with Crippen LogP contribution in [0, 0.1) is 12.3 Å². The van der Waals surface area contributed by atoms with Crippen molar-refractivity contribution in [2.24, 2.45) is 5.41 Å². The van der Waals surface area contributed by atoms with Crippen LogP contribution in [-0.4, -0.2) is 35.0 Å². The molecule has 0 bridgehead atoms. The van der Waals surface area contributed by atoms with E-state index in [2.05, 4.69) is 0 Å². The number of benzene rings is 1. The first-order valence-corrected chi connectivity index (χ1v) is 7.56. The van der Waals surface area contributed by atoms with Gasteiger partial charge in [0, 0.05) is 23.7 Å². The van der Waals surface area contributed by atoms with Crippen molar-refractivity contribution in [1.82, 2.24) is 4.90 Å². The third kappa shape index (κ3) is 3.05. The number of carbonyl (C=O) groups excluding carboxylic acids is 1. The molecule has 4 nitrogen and oxygen atoms in total. The monoisotopic (exact) mass is 309 g/mol. The van der Waals surface area contributed by atoms with Crippen LogP contribution >= 0.6 is 11.6 Å². The predicted molar refractivity (Wildman–Crippen MR) is 81.7 cm³/mol. The molecule has 0 aliphatic carbocycles. The summed E-state index contributed by atoms with van der Waals surface area (Å²) < 4.78 is 0. The summed E-state index contributed by atoms with van der Waals surface area (Å²) >= 11 is 6.06. The number of hydrogen-bond donors (Lipinski definition) is 1.